The Hall–Kier alpha value is -2.09. The van der Waals surface area contributed by atoms with Crippen molar-refractivity contribution in [1.29, 1.82) is 0 Å². The number of aliphatic hydroxyl groups excluding tert-OH is 1. The van der Waals surface area contributed by atoms with Crippen LogP contribution in [0, 0.1) is 11.8 Å². The number of nitrogens with zero attached hydrogens (tertiary/aromatic N) is 1. The molecule has 1 saturated carbocycles. The zero-order chi connectivity index (χ0) is 23.7. The van der Waals surface area contributed by atoms with E-state index in [0.29, 0.717) is 29.8 Å². The number of aryl methyl sites for hydroxylation is 2. The fourth-order valence-corrected chi connectivity index (χ4v) is 7.13. The number of fused-ring (bicyclic) bond motifs is 1. The van der Waals surface area contributed by atoms with E-state index >= 15 is 0 Å². The molecule has 0 bridgehead atoms. The SMILES string of the molecule is CCc1ccc2c(c1)CCC(C1CC1)N2S(=O)(=O)c1ccc(OCC2CCOCC2)c(CO)c1. The van der Waals surface area contributed by atoms with E-state index in [2.05, 4.69) is 13.0 Å². The molecule has 3 aliphatic rings. The summed E-state index contributed by atoms with van der Waals surface area (Å²) in [7, 11) is -3.78. The molecule has 1 unspecified atom stereocenters. The number of sulfonamides is 1. The number of ether oxygens (including phenoxy) is 2. The molecule has 2 aromatic rings. The molecular weight excluding hydrogens is 450 g/mol. The maximum absolute atomic E-state index is 14.0. The second-order valence-electron chi connectivity index (χ2n) is 9.86. The first-order valence-corrected chi connectivity index (χ1v) is 14.1. The summed E-state index contributed by atoms with van der Waals surface area (Å²) in [5, 5.41) is 10.0. The first-order valence-electron chi connectivity index (χ1n) is 12.6. The van der Waals surface area contributed by atoms with Crippen molar-refractivity contribution >= 4 is 15.7 Å². The highest BCUT2D eigenvalue weighted by Gasteiger charge is 2.43. The predicted octanol–water partition coefficient (Wildman–Crippen LogP) is 4.47. The summed E-state index contributed by atoms with van der Waals surface area (Å²) < 4.78 is 41.1. The molecule has 7 heteroatoms. The van der Waals surface area contributed by atoms with E-state index in [9.17, 15) is 13.5 Å². The molecule has 6 nitrogen and oxygen atoms in total. The highest BCUT2D eigenvalue weighted by atomic mass is 32.2. The summed E-state index contributed by atoms with van der Waals surface area (Å²) in [4.78, 5) is 0.216. The molecule has 2 aromatic carbocycles. The van der Waals surface area contributed by atoms with Crippen LogP contribution >= 0.6 is 0 Å². The minimum absolute atomic E-state index is 0.00741. The van der Waals surface area contributed by atoms with Gasteiger partial charge in [0, 0.05) is 24.8 Å². The summed E-state index contributed by atoms with van der Waals surface area (Å²) in [6.45, 7) is 3.89. The van der Waals surface area contributed by atoms with Gasteiger partial charge in [-0.2, -0.15) is 0 Å². The zero-order valence-electron chi connectivity index (χ0n) is 19.9. The second-order valence-corrected chi connectivity index (χ2v) is 11.7. The van der Waals surface area contributed by atoms with Gasteiger partial charge >= 0.3 is 0 Å². The van der Waals surface area contributed by atoms with E-state index in [1.54, 1.807) is 22.5 Å². The third-order valence-electron chi connectivity index (χ3n) is 7.54. The van der Waals surface area contributed by atoms with Crippen LogP contribution in [-0.4, -0.2) is 39.4 Å². The number of hydrogen-bond acceptors (Lipinski definition) is 5. The topological polar surface area (TPSA) is 76.1 Å². The Kier molecular flexibility index (Phi) is 6.87. The van der Waals surface area contributed by atoms with Crippen LogP contribution in [0.1, 0.15) is 55.7 Å². The van der Waals surface area contributed by atoms with Gasteiger partial charge in [-0.15, -0.1) is 0 Å². The van der Waals surface area contributed by atoms with Crippen molar-refractivity contribution in [2.45, 2.75) is 69.4 Å². The Morgan fingerprint density at radius 3 is 2.56 bits per heavy atom. The van der Waals surface area contributed by atoms with Crippen LogP contribution in [0.2, 0.25) is 0 Å². The minimum Gasteiger partial charge on any atom is -0.493 e. The van der Waals surface area contributed by atoms with E-state index in [1.165, 1.54) is 5.56 Å². The smallest absolute Gasteiger partial charge is 0.264 e. The van der Waals surface area contributed by atoms with Crippen molar-refractivity contribution in [3.8, 4) is 5.75 Å². The molecule has 2 heterocycles. The zero-order valence-corrected chi connectivity index (χ0v) is 20.7. The third-order valence-corrected chi connectivity index (χ3v) is 9.38. The summed E-state index contributed by atoms with van der Waals surface area (Å²) in [5.74, 6) is 1.40. The van der Waals surface area contributed by atoms with Crippen LogP contribution in [-0.2, 0) is 34.2 Å². The van der Waals surface area contributed by atoms with Crippen molar-refractivity contribution in [1.82, 2.24) is 0 Å². The van der Waals surface area contributed by atoms with Crippen molar-refractivity contribution in [3.05, 3.63) is 53.1 Å². The second kappa shape index (κ2) is 9.88. The predicted molar refractivity (Wildman–Crippen MR) is 132 cm³/mol. The summed E-state index contributed by atoms with van der Waals surface area (Å²) in [5.41, 5.74) is 3.66. The van der Waals surface area contributed by atoms with Crippen LogP contribution in [0.25, 0.3) is 0 Å². The van der Waals surface area contributed by atoms with Gasteiger partial charge in [0.2, 0.25) is 0 Å². The van der Waals surface area contributed by atoms with Crippen LogP contribution in [0.5, 0.6) is 5.75 Å². The summed E-state index contributed by atoms with van der Waals surface area (Å²) in [6.07, 6.45) is 6.77. The Labute approximate surface area is 202 Å². The lowest BCUT2D eigenvalue weighted by Crippen LogP contribution is -2.45. The van der Waals surface area contributed by atoms with Gasteiger partial charge in [0.25, 0.3) is 10.0 Å². The molecule has 1 atom stereocenters. The summed E-state index contributed by atoms with van der Waals surface area (Å²) >= 11 is 0. The lowest BCUT2D eigenvalue weighted by atomic mass is 9.93. The fraction of sp³-hybridized carbons (Fsp3) is 0.556. The van der Waals surface area contributed by atoms with E-state index in [0.717, 1.165) is 69.4 Å². The Morgan fingerprint density at radius 1 is 1.06 bits per heavy atom. The highest BCUT2D eigenvalue weighted by molar-refractivity contribution is 7.92. The van der Waals surface area contributed by atoms with Crippen molar-refractivity contribution < 1.29 is 23.0 Å². The molecule has 184 valence electrons. The molecule has 0 amide bonds. The van der Waals surface area contributed by atoms with Crippen LogP contribution < -0.4 is 9.04 Å². The molecule has 1 aliphatic carbocycles. The fourth-order valence-electron chi connectivity index (χ4n) is 5.30. The monoisotopic (exact) mass is 485 g/mol. The molecule has 5 rings (SSSR count). The van der Waals surface area contributed by atoms with E-state index < -0.39 is 10.0 Å². The van der Waals surface area contributed by atoms with Gasteiger partial charge in [-0.1, -0.05) is 19.1 Å². The number of anilines is 1. The Bertz CT molecular complexity index is 1120. The van der Waals surface area contributed by atoms with Gasteiger partial charge in [0.15, 0.2) is 0 Å². The lowest BCUT2D eigenvalue weighted by molar-refractivity contribution is 0.0494. The molecular formula is C27H35NO5S. The van der Waals surface area contributed by atoms with Gasteiger partial charge in [0.1, 0.15) is 5.75 Å². The highest BCUT2D eigenvalue weighted by Crippen LogP contribution is 2.45. The number of aliphatic hydroxyl groups is 1. The third kappa shape index (κ3) is 4.70. The molecule has 0 spiro atoms. The van der Waals surface area contributed by atoms with Gasteiger partial charge in [-0.3, -0.25) is 4.31 Å². The maximum atomic E-state index is 14.0. The molecule has 1 N–H and O–H groups in total. The van der Waals surface area contributed by atoms with Crippen molar-refractivity contribution in [3.63, 3.8) is 0 Å². The molecule has 0 radical (unpaired) electrons. The number of hydrogen-bond donors (Lipinski definition) is 1. The molecule has 2 fully saturated rings. The minimum atomic E-state index is -3.78. The van der Waals surface area contributed by atoms with E-state index in [4.69, 9.17) is 9.47 Å². The van der Waals surface area contributed by atoms with Crippen molar-refractivity contribution in [2.75, 3.05) is 24.1 Å². The largest absolute Gasteiger partial charge is 0.493 e. The first-order chi connectivity index (χ1) is 16.5. The van der Waals surface area contributed by atoms with E-state index in [1.807, 2.05) is 12.1 Å². The quantitative estimate of drug-likeness (QED) is 0.597. The maximum Gasteiger partial charge on any atom is 0.264 e. The standard InChI is InChI=1S/C27H35NO5S/c1-2-19-3-8-26-22(15-19)6-9-25(21-4-5-21)28(26)34(30,31)24-7-10-27(23(16-24)17-29)33-18-20-11-13-32-14-12-20/h3,7-8,10,15-16,20-21,25,29H,2,4-6,9,11-14,17-18H2,1H3. The Morgan fingerprint density at radius 2 is 1.85 bits per heavy atom. The van der Waals surface area contributed by atoms with Gasteiger partial charge in [-0.05, 0) is 92.2 Å². The summed E-state index contributed by atoms with van der Waals surface area (Å²) in [6, 6.07) is 11.1. The van der Waals surface area contributed by atoms with Crippen LogP contribution in [0.3, 0.4) is 0 Å². The Balaban J connectivity index is 1.45. The normalized spacial score (nSPS) is 21.4. The average Bonchev–Trinajstić information content (AvgIpc) is 3.72. The van der Waals surface area contributed by atoms with Gasteiger partial charge < -0.3 is 14.6 Å². The van der Waals surface area contributed by atoms with Crippen LogP contribution in [0.15, 0.2) is 41.3 Å². The molecule has 1 saturated heterocycles. The number of benzene rings is 2. The van der Waals surface area contributed by atoms with Crippen LogP contribution in [0.4, 0.5) is 5.69 Å². The van der Waals surface area contributed by atoms with Crippen molar-refractivity contribution in [2.24, 2.45) is 11.8 Å². The molecule has 34 heavy (non-hydrogen) atoms. The molecule has 0 aromatic heterocycles. The van der Waals surface area contributed by atoms with Gasteiger partial charge in [-0.25, -0.2) is 8.42 Å². The average molecular weight is 486 g/mol. The lowest BCUT2D eigenvalue weighted by Gasteiger charge is -2.38. The first kappa shape index (κ1) is 23.6. The van der Waals surface area contributed by atoms with Gasteiger partial charge in [0.05, 0.1) is 23.8 Å². The van der Waals surface area contributed by atoms with E-state index in [-0.39, 0.29) is 17.5 Å². The molecule has 2 aliphatic heterocycles. The number of rotatable bonds is 8.